The van der Waals surface area contributed by atoms with Crippen LogP contribution in [0.1, 0.15) is 19.6 Å². The van der Waals surface area contributed by atoms with Gasteiger partial charge in [-0.05, 0) is 28.5 Å². The first-order valence-corrected chi connectivity index (χ1v) is 9.08. The van der Waals surface area contributed by atoms with Crippen molar-refractivity contribution in [1.29, 1.82) is 0 Å². The molecule has 0 fully saturated rings. The highest BCUT2D eigenvalue weighted by Crippen LogP contribution is 2.21. The van der Waals surface area contributed by atoms with E-state index in [2.05, 4.69) is 20.8 Å². The third-order valence-corrected chi connectivity index (χ3v) is 3.80. The Bertz CT molecular complexity index is 977. The van der Waals surface area contributed by atoms with E-state index in [4.69, 9.17) is 9.15 Å². The quantitative estimate of drug-likeness (QED) is 0.460. The van der Waals surface area contributed by atoms with Crippen molar-refractivity contribution in [2.75, 3.05) is 13.2 Å². The van der Waals surface area contributed by atoms with E-state index >= 15 is 0 Å². The standard InChI is InChI=1S/C20H21N5O4/c1-14(2)12-21-18(26)13-29-20(27)17(11-16-9-6-10-28-16)25-19(22-23-24-25)15-7-4-3-5-8-15/h3-11,14H,12-13H2,1-2H3,(H,21,26)/b17-11-. The molecule has 0 atom stereocenters. The summed E-state index contributed by atoms with van der Waals surface area (Å²) >= 11 is 0. The van der Waals surface area contributed by atoms with Gasteiger partial charge in [0.1, 0.15) is 5.76 Å². The maximum Gasteiger partial charge on any atom is 0.357 e. The van der Waals surface area contributed by atoms with Crippen molar-refractivity contribution in [3.8, 4) is 11.4 Å². The van der Waals surface area contributed by atoms with Gasteiger partial charge in [-0.3, -0.25) is 4.79 Å². The number of tetrazole rings is 1. The third-order valence-electron chi connectivity index (χ3n) is 3.80. The lowest BCUT2D eigenvalue weighted by Gasteiger charge is -2.11. The second-order valence-electron chi connectivity index (χ2n) is 6.60. The zero-order chi connectivity index (χ0) is 20.6. The molecule has 1 N–H and O–H groups in total. The van der Waals surface area contributed by atoms with Crippen LogP contribution in [0.2, 0.25) is 0 Å². The van der Waals surface area contributed by atoms with Crippen molar-refractivity contribution < 1.29 is 18.7 Å². The van der Waals surface area contributed by atoms with Crippen LogP contribution in [-0.2, 0) is 14.3 Å². The van der Waals surface area contributed by atoms with Gasteiger partial charge in [0, 0.05) is 18.2 Å². The van der Waals surface area contributed by atoms with Crippen molar-refractivity contribution >= 4 is 23.6 Å². The molecule has 1 amide bonds. The summed E-state index contributed by atoms with van der Waals surface area (Å²) in [7, 11) is 0. The molecule has 0 saturated carbocycles. The number of ether oxygens (including phenoxy) is 1. The number of rotatable bonds is 8. The van der Waals surface area contributed by atoms with Gasteiger partial charge < -0.3 is 14.5 Å². The van der Waals surface area contributed by atoms with Crippen molar-refractivity contribution in [1.82, 2.24) is 25.5 Å². The first-order chi connectivity index (χ1) is 14.0. The van der Waals surface area contributed by atoms with E-state index < -0.39 is 12.6 Å². The van der Waals surface area contributed by atoms with E-state index in [1.807, 2.05) is 44.2 Å². The van der Waals surface area contributed by atoms with Crippen LogP contribution in [0.3, 0.4) is 0 Å². The fourth-order valence-electron chi connectivity index (χ4n) is 2.41. The Balaban J connectivity index is 1.85. The molecule has 0 spiro atoms. The molecule has 0 unspecified atom stereocenters. The molecule has 2 aromatic heterocycles. The van der Waals surface area contributed by atoms with Gasteiger partial charge in [0.15, 0.2) is 18.1 Å². The molecule has 0 bridgehead atoms. The average molecular weight is 395 g/mol. The monoisotopic (exact) mass is 395 g/mol. The Morgan fingerprint density at radius 2 is 2.00 bits per heavy atom. The second-order valence-corrected chi connectivity index (χ2v) is 6.60. The first kappa shape index (κ1) is 20.0. The summed E-state index contributed by atoms with van der Waals surface area (Å²) in [6.07, 6.45) is 2.93. The number of carbonyl (C=O) groups excluding carboxylic acids is 2. The zero-order valence-electron chi connectivity index (χ0n) is 16.1. The lowest BCUT2D eigenvalue weighted by Crippen LogP contribution is -2.32. The molecular formula is C20H21N5O4. The maximum atomic E-state index is 12.8. The van der Waals surface area contributed by atoms with E-state index in [-0.39, 0.29) is 11.6 Å². The number of benzene rings is 1. The molecular weight excluding hydrogens is 374 g/mol. The molecule has 0 aliphatic heterocycles. The number of esters is 1. The van der Waals surface area contributed by atoms with Crippen molar-refractivity contribution in [3.63, 3.8) is 0 Å². The predicted octanol–water partition coefficient (Wildman–Crippen LogP) is 2.25. The van der Waals surface area contributed by atoms with Crippen LogP contribution in [0, 0.1) is 5.92 Å². The van der Waals surface area contributed by atoms with E-state index in [9.17, 15) is 9.59 Å². The van der Waals surface area contributed by atoms with Crippen LogP contribution in [0.15, 0.2) is 53.1 Å². The van der Waals surface area contributed by atoms with Crippen LogP contribution in [0.4, 0.5) is 0 Å². The highest BCUT2D eigenvalue weighted by molar-refractivity contribution is 6.15. The minimum atomic E-state index is -0.759. The Morgan fingerprint density at radius 1 is 1.21 bits per heavy atom. The maximum absolute atomic E-state index is 12.8. The van der Waals surface area contributed by atoms with E-state index in [0.717, 1.165) is 0 Å². The second kappa shape index (κ2) is 9.45. The molecule has 0 radical (unpaired) electrons. The molecule has 9 heteroatoms. The molecule has 150 valence electrons. The Labute approximate surface area is 167 Å². The van der Waals surface area contributed by atoms with E-state index in [1.54, 1.807) is 12.1 Å². The van der Waals surface area contributed by atoms with Crippen molar-refractivity contribution in [2.45, 2.75) is 13.8 Å². The summed E-state index contributed by atoms with van der Waals surface area (Å²) in [5.74, 6) is -0.0889. The van der Waals surface area contributed by atoms with Crippen LogP contribution in [-0.4, -0.2) is 45.2 Å². The van der Waals surface area contributed by atoms with Crippen LogP contribution >= 0.6 is 0 Å². The van der Waals surface area contributed by atoms with Gasteiger partial charge in [-0.15, -0.1) is 5.10 Å². The summed E-state index contributed by atoms with van der Waals surface area (Å²) in [5, 5.41) is 14.3. The minimum absolute atomic E-state index is 0.0143. The number of aromatic nitrogens is 4. The molecule has 3 aromatic rings. The van der Waals surface area contributed by atoms with Crippen LogP contribution in [0.5, 0.6) is 0 Å². The summed E-state index contributed by atoms with van der Waals surface area (Å²) in [6.45, 7) is 4.03. The molecule has 3 rings (SSSR count). The SMILES string of the molecule is CC(C)CNC(=O)COC(=O)/C(=C/c1ccco1)n1nnnc1-c1ccccc1. The number of hydrogen-bond acceptors (Lipinski definition) is 7. The van der Waals surface area contributed by atoms with Crippen molar-refractivity contribution in [3.05, 3.63) is 54.5 Å². The molecule has 1 aromatic carbocycles. The summed E-state index contributed by atoms with van der Waals surface area (Å²) < 4.78 is 11.7. The molecule has 2 heterocycles. The van der Waals surface area contributed by atoms with Gasteiger partial charge in [0.25, 0.3) is 5.91 Å². The van der Waals surface area contributed by atoms with E-state index in [0.29, 0.717) is 29.6 Å². The molecule has 0 aliphatic rings. The third kappa shape index (κ3) is 5.38. The fraction of sp³-hybridized carbons (Fsp3) is 0.250. The number of furan rings is 1. The highest BCUT2D eigenvalue weighted by atomic mass is 16.5. The minimum Gasteiger partial charge on any atom is -0.465 e. The van der Waals surface area contributed by atoms with Crippen LogP contribution < -0.4 is 5.32 Å². The largest absolute Gasteiger partial charge is 0.465 e. The van der Waals surface area contributed by atoms with E-state index in [1.165, 1.54) is 17.0 Å². The first-order valence-electron chi connectivity index (χ1n) is 9.08. The summed E-state index contributed by atoms with van der Waals surface area (Å²) in [4.78, 5) is 24.7. The molecule has 0 aliphatic carbocycles. The van der Waals surface area contributed by atoms with Gasteiger partial charge in [0.2, 0.25) is 0 Å². The van der Waals surface area contributed by atoms with Crippen molar-refractivity contribution in [2.24, 2.45) is 5.92 Å². The zero-order valence-corrected chi connectivity index (χ0v) is 16.1. The van der Waals surface area contributed by atoms with Gasteiger partial charge in [0.05, 0.1) is 6.26 Å². The predicted molar refractivity (Wildman–Crippen MR) is 105 cm³/mol. The lowest BCUT2D eigenvalue weighted by atomic mass is 10.2. The number of nitrogens with zero attached hydrogens (tertiary/aromatic N) is 4. The Morgan fingerprint density at radius 3 is 2.69 bits per heavy atom. The van der Waals surface area contributed by atoms with Gasteiger partial charge in [-0.25, -0.2) is 4.79 Å². The number of hydrogen-bond donors (Lipinski definition) is 1. The highest BCUT2D eigenvalue weighted by Gasteiger charge is 2.22. The normalized spacial score (nSPS) is 11.5. The number of carbonyl (C=O) groups is 2. The van der Waals surface area contributed by atoms with Crippen LogP contribution in [0.25, 0.3) is 23.2 Å². The van der Waals surface area contributed by atoms with Gasteiger partial charge >= 0.3 is 5.97 Å². The number of nitrogens with one attached hydrogen (secondary N) is 1. The summed E-state index contributed by atoms with van der Waals surface area (Å²) in [6, 6.07) is 12.5. The number of amides is 1. The Hall–Kier alpha value is -3.75. The molecule has 29 heavy (non-hydrogen) atoms. The Kier molecular flexibility index (Phi) is 6.51. The summed E-state index contributed by atoms with van der Waals surface area (Å²) in [5.41, 5.74) is 0.728. The topological polar surface area (TPSA) is 112 Å². The molecule has 9 nitrogen and oxygen atoms in total. The fourth-order valence-corrected chi connectivity index (χ4v) is 2.41. The average Bonchev–Trinajstić information content (AvgIpc) is 3.41. The smallest absolute Gasteiger partial charge is 0.357 e. The molecule has 0 saturated heterocycles. The van der Waals surface area contributed by atoms with Gasteiger partial charge in [-0.1, -0.05) is 44.2 Å². The lowest BCUT2D eigenvalue weighted by molar-refractivity contribution is -0.143. The van der Waals surface area contributed by atoms with Gasteiger partial charge in [-0.2, -0.15) is 4.68 Å².